The van der Waals surface area contributed by atoms with Gasteiger partial charge in [-0.1, -0.05) is 66.7 Å². The van der Waals surface area contributed by atoms with E-state index in [2.05, 4.69) is 10.4 Å². The fraction of sp³-hybridized carbons (Fsp3) is 0.0714. The van der Waals surface area contributed by atoms with Gasteiger partial charge < -0.3 is 14.6 Å². The fourth-order valence-electron chi connectivity index (χ4n) is 4.22. The van der Waals surface area contributed by atoms with Gasteiger partial charge in [-0.05, 0) is 29.1 Å². The number of nitrogens with one attached hydrogen (secondary N) is 2. The highest BCUT2D eigenvalue weighted by molar-refractivity contribution is 6.07. The van der Waals surface area contributed by atoms with E-state index in [4.69, 9.17) is 4.74 Å². The Morgan fingerprint density at radius 3 is 2.19 bits per heavy atom. The fourth-order valence-corrected chi connectivity index (χ4v) is 4.22. The molecule has 0 spiro atoms. The highest BCUT2D eigenvalue weighted by Gasteiger charge is 2.23. The lowest BCUT2D eigenvalue weighted by Gasteiger charge is -2.16. The van der Waals surface area contributed by atoms with Crippen LogP contribution in [0.4, 0.5) is 5.82 Å². The number of para-hydroxylation sites is 1. The van der Waals surface area contributed by atoms with E-state index in [1.54, 1.807) is 48.5 Å². The molecule has 0 aliphatic heterocycles. The van der Waals surface area contributed by atoms with Crippen LogP contribution >= 0.6 is 0 Å². The summed E-state index contributed by atoms with van der Waals surface area (Å²) in [6, 6.07) is 26.3. The van der Waals surface area contributed by atoms with Crippen LogP contribution in [0, 0.1) is 0 Å². The number of benzene rings is 3. The molecule has 0 bridgehead atoms. The van der Waals surface area contributed by atoms with Crippen molar-refractivity contribution < 1.29 is 14.3 Å². The van der Waals surface area contributed by atoms with E-state index in [0.717, 1.165) is 5.56 Å². The average Bonchev–Trinajstić information content (AvgIpc) is 3.29. The summed E-state index contributed by atoms with van der Waals surface area (Å²) in [4.78, 5) is 51.1. The van der Waals surface area contributed by atoms with E-state index in [-0.39, 0.29) is 22.6 Å². The summed E-state index contributed by atoms with van der Waals surface area (Å²) in [5.41, 5.74) is 1.18. The van der Waals surface area contributed by atoms with E-state index in [1.807, 2.05) is 36.4 Å². The number of nitrogens with zero attached hydrogens (tertiary/aromatic N) is 2. The van der Waals surface area contributed by atoms with Crippen molar-refractivity contribution in [2.75, 3.05) is 11.9 Å². The second kappa shape index (κ2) is 9.82. The molecular weight excluding hydrogens is 472 g/mol. The Hall–Kier alpha value is -5.18. The van der Waals surface area contributed by atoms with Crippen LogP contribution in [0.1, 0.15) is 10.5 Å². The molecule has 2 heterocycles. The van der Waals surface area contributed by atoms with Crippen molar-refractivity contribution in [1.29, 1.82) is 0 Å². The quantitative estimate of drug-likeness (QED) is 0.351. The summed E-state index contributed by atoms with van der Waals surface area (Å²) in [6.45, 7) is -0.618. The molecule has 184 valence electrons. The Morgan fingerprint density at radius 2 is 1.49 bits per heavy atom. The third-order valence-corrected chi connectivity index (χ3v) is 5.90. The zero-order valence-electron chi connectivity index (χ0n) is 19.8. The van der Waals surface area contributed by atoms with E-state index in [1.165, 1.54) is 22.4 Å². The largest absolute Gasteiger partial charge is 0.451 e. The highest BCUT2D eigenvalue weighted by Crippen LogP contribution is 2.30. The van der Waals surface area contributed by atoms with Gasteiger partial charge in [0.1, 0.15) is 11.5 Å². The second-order valence-corrected chi connectivity index (χ2v) is 8.30. The van der Waals surface area contributed by atoms with Crippen molar-refractivity contribution in [3.8, 4) is 16.8 Å². The van der Waals surface area contributed by atoms with Gasteiger partial charge in [0.25, 0.3) is 17.0 Å². The third kappa shape index (κ3) is 4.57. The van der Waals surface area contributed by atoms with Gasteiger partial charge in [0.05, 0.1) is 5.69 Å². The van der Waals surface area contributed by atoms with Crippen LogP contribution in [0.5, 0.6) is 0 Å². The molecule has 0 radical (unpaired) electrons. The number of fused-ring (bicyclic) bond motifs is 1. The van der Waals surface area contributed by atoms with Gasteiger partial charge in [0.15, 0.2) is 6.61 Å². The predicted molar refractivity (Wildman–Crippen MR) is 140 cm³/mol. The van der Waals surface area contributed by atoms with Crippen LogP contribution in [0.3, 0.4) is 0 Å². The Bertz CT molecular complexity index is 1730. The minimum absolute atomic E-state index is 0.0336. The number of aromatic amines is 1. The third-order valence-electron chi connectivity index (χ3n) is 5.90. The smallest absolute Gasteiger partial charge is 0.356 e. The minimum atomic E-state index is -0.824. The number of aromatic nitrogens is 3. The Kier molecular flexibility index (Phi) is 6.25. The maximum Gasteiger partial charge on any atom is 0.356 e. The van der Waals surface area contributed by atoms with Gasteiger partial charge in [-0.2, -0.15) is 0 Å². The first-order chi connectivity index (χ1) is 17.9. The Balaban J connectivity index is 1.40. The first-order valence-corrected chi connectivity index (χ1v) is 11.5. The highest BCUT2D eigenvalue weighted by atomic mass is 16.5. The molecular formula is C28H22N4O5. The molecule has 9 heteroatoms. The van der Waals surface area contributed by atoms with Gasteiger partial charge >= 0.3 is 5.97 Å². The lowest BCUT2D eigenvalue weighted by atomic mass is 9.97. The van der Waals surface area contributed by atoms with Gasteiger partial charge in [0, 0.05) is 24.1 Å². The van der Waals surface area contributed by atoms with Crippen molar-refractivity contribution in [1.82, 2.24) is 14.3 Å². The molecule has 0 aliphatic carbocycles. The van der Waals surface area contributed by atoms with E-state index in [0.29, 0.717) is 22.0 Å². The number of H-pyrrole nitrogens is 1. The number of hydrogen-bond donors (Lipinski definition) is 2. The zero-order chi connectivity index (χ0) is 25.9. The molecule has 0 fully saturated rings. The molecule has 2 N–H and O–H groups in total. The number of pyridine rings is 1. The molecule has 9 nitrogen and oxygen atoms in total. The number of carbonyl (C=O) groups is 2. The first-order valence-electron chi connectivity index (χ1n) is 11.5. The Morgan fingerprint density at radius 1 is 0.865 bits per heavy atom. The molecule has 0 saturated carbocycles. The maximum absolute atomic E-state index is 13.2. The molecule has 0 atom stereocenters. The lowest BCUT2D eigenvalue weighted by molar-refractivity contribution is -0.119. The molecule has 2 aromatic heterocycles. The van der Waals surface area contributed by atoms with Crippen LogP contribution in [-0.2, 0) is 16.6 Å². The van der Waals surface area contributed by atoms with Crippen molar-refractivity contribution in [2.45, 2.75) is 0 Å². The predicted octanol–water partition coefficient (Wildman–Crippen LogP) is 3.48. The van der Waals surface area contributed by atoms with Gasteiger partial charge in [-0.15, -0.1) is 0 Å². The summed E-state index contributed by atoms with van der Waals surface area (Å²) in [7, 11) is 1.49. The second-order valence-electron chi connectivity index (χ2n) is 8.30. The average molecular weight is 495 g/mol. The molecule has 37 heavy (non-hydrogen) atoms. The number of ether oxygens (including phenoxy) is 1. The van der Waals surface area contributed by atoms with Crippen molar-refractivity contribution >= 4 is 28.5 Å². The Labute approximate surface area is 210 Å². The standard InChI is InChI=1S/C28H22N4O5/c1-31-26(25(18-10-4-2-5-11-18)20-14-8-9-15-21(20)27(31)35)28(36)37-17-23(33)29-22-16-24(34)32(30-22)19-12-6-3-7-13-19/h2-16,30H,17H2,1H3,(H,29,33). The molecule has 3 aromatic carbocycles. The zero-order valence-corrected chi connectivity index (χ0v) is 19.8. The van der Waals surface area contributed by atoms with E-state index < -0.39 is 18.5 Å². The number of esters is 1. The van der Waals surface area contributed by atoms with Crippen LogP contribution in [-0.4, -0.2) is 32.8 Å². The summed E-state index contributed by atoms with van der Waals surface area (Å²) >= 11 is 0. The van der Waals surface area contributed by atoms with E-state index >= 15 is 0 Å². The molecule has 5 aromatic rings. The van der Waals surface area contributed by atoms with E-state index in [9.17, 15) is 19.2 Å². The van der Waals surface area contributed by atoms with Crippen molar-refractivity contribution in [3.63, 3.8) is 0 Å². The summed E-state index contributed by atoms with van der Waals surface area (Å²) in [5, 5.41) is 6.39. The summed E-state index contributed by atoms with van der Waals surface area (Å²) < 4.78 is 7.84. The van der Waals surface area contributed by atoms with Crippen molar-refractivity contribution in [3.05, 3.63) is 117 Å². The molecule has 5 rings (SSSR count). The number of anilines is 1. The number of hydrogen-bond acceptors (Lipinski definition) is 5. The molecule has 0 aliphatic rings. The number of rotatable bonds is 6. The summed E-state index contributed by atoms with van der Waals surface area (Å²) in [6.07, 6.45) is 0. The number of amides is 1. The first kappa shape index (κ1) is 23.6. The van der Waals surface area contributed by atoms with Gasteiger partial charge in [-0.25, -0.2) is 9.48 Å². The minimum Gasteiger partial charge on any atom is -0.451 e. The maximum atomic E-state index is 13.2. The van der Waals surface area contributed by atoms with Crippen molar-refractivity contribution in [2.24, 2.45) is 7.05 Å². The monoisotopic (exact) mass is 494 g/mol. The van der Waals surface area contributed by atoms with Gasteiger partial charge in [-0.3, -0.25) is 19.5 Å². The molecule has 0 saturated heterocycles. The van der Waals surface area contributed by atoms with Crippen LogP contribution < -0.4 is 16.4 Å². The van der Waals surface area contributed by atoms with Gasteiger partial charge in [0.2, 0.25) is 0 Å². The normalized spacial score (nSPS) is 10.8. The molecule has 0 unspecified atom stereocenters. The molecule has 1 amide bonds. The SMILES string of the molecule is Cn1c(C(=O)OCC(=O)Nc2cc(=O)n(-c3ccccc3)[nH]2)c(-c2ccccc2)c2ccccc2c1=O. The van der Waals surface area contributed by atoms with Crippen LogP contribution in [0.25, 0.3) is 27.6 Å². The topological polar surface area (TPSA) is 115 Å². The lowest BCUT2D eigenvalue weighted by Crippen LogP contribution is -2.28. The summed E-state index contributed by atoms with van der Waals surface area (Å²) in [5.74, 6) is -1.32. The van der Waals surface area contributed by atoms with Crippen LogP contribution in [0.15, 0.2) is 101 Å². The van der Waals surface area contributed by atoms with Crippen LogP contribution in [0.2, 0.25) is 0 Å². The number of carbonyl (C=O) groups excluding carboxylic acids is 2.